The van der Waals surface area contributed by atoms with Gasteiger partial charge in [-0.25, -0.2) is 0 Å². The van der Waals surface area contributed by atoms with Crippen LogP contribution in [-0.2, 0) is 11.3 Å². The average Bonchev–Trinajstić information content (AvgIpc) is 3.44. The van der Waals surface area contributed by atoms with Gasteiger partial charge in [0, 0.05) is 37.4 Å². The number of aromatic nitrogens is 3. The second-order valence-electron chi connectivity index (χ2n) is 6.81. The van der Waals surface area contributed by atoms with Gasteiger partial charge in [-0.1, -0.05) is 11.8 Å². The summed E-state index contributed by atoms with van der Waals surface area (Å²) in [6, 6.07) is 8.46. The molecule has 1 fully saturated rings. The number of amides is 1. The Balaban J connectivity index is 1.66. The fraction of sp³-hybridized carbons (Fsp3) is 0.550. The van der Waals surface area contributed by atoms with E-state index < -0.39 is 0 Å². The van der Waals surface area contributed by atoms with Crippen molar-refractivity contribution >= 4 is 23.4 Å². The predicted molar refractivity (Wildman–Crippen MR) is 111 cm³/mol. The SMILES string of the molecule is CCN(CC)c1ccc(-c2nnc(SCC(=O)NCC3CC3)n2CC)cc1. The molecule has 146 valence electrons. The first-order valence-corrected chi connectivity index (χ1v) is 10.8. The highest BCUT2D eigenvalue weighted by atomic mass is 32.2. The zero-order chi connectivity index (χ0) is 19.2. The minimum Gasteiger partial charge on any atom is -0.372 e. The summed E-state index contributed by atoms with van der Waals surface area (Å²) in [5, 5.41) is 12.5. The van der Waals surface area contributed by atoms with Crippen molar-refractivity contribution in [2.75, 3.05) is 30.3 Å². The molecule has 0 spiro atoms. The summed E-state index contributed by atoms with van der Waals surface area (Å²) < 4.78 is 2.07. The molecule has 6 nitrogen and oxygen atoms in total. The largest absolute Gasteiger partial charge is 0.372 e. The Hall–Kier alpha value is -2.02. The number of thioether (sulfide) groups is 1. The van der Waals surface area contributed by atoms with Gasteiger partial charge in [-0.15, -0.1) is 10.2 Å². The van der Waals surface area contributed by atoms with Gasteiger partial charge in [-0.3, -0.25) is 4.79 Å². The molecular weight excluding hydrogens is 358 g/mol. The van der Waals surface area contributed by atoms with Crippen LogP contribution in [0.1, 0.15) is 33.6 Å². The molecule has 0 bridgehead atoms. The molecule has 2 aromatic rings. The van der Waals surface area contributed by atoms with Gasteiger partial charge in [0.1, 0.15) is 0 Å². The molecule has 1 amide bonds. The Morgan fingerprint density at radius 2 is 1.89 bits per heavy atom. The highest BCUT2D eigenvalue weighted by molar-refractivity contribution is 7.99. The lowest BCUT2D eigenvalue weighted by Gasteiger charge is -2.21. The van der Waals surface area contributed by atoms with Crippen LogP contribution in [0.2, 0.25) is 0 Å². The van der Waals surface area contributed by atoms with E-state index in [2.05, 4.69) is 70.0 Å². The van der Waals surface area contributed by atoms with Crippen molar-refractivity contribution in [3.63, 3.8) is 0 Å². The molecule has 0 atom stereocenters. The van der Waals surface area contributed by atoms with Crippen LogP contribution >= 0.6 is 11.8 Å². The molecule has 7 heteroatoms. The van der Waals surface area contributed by atoms with E-state index in [0.717, 1.165) is 42.7 Å². The van der Waals surface area contributed by atoms with Crippen LogP contribution in [-0.4, -0.2) is 46.1 Å². The molecule has 1 N–H and O–H groups in total. The zero-order valence-corrected chi connectivity index (χ0v) is 17.3. The summed E-state index contributed by atoms with van der Waals surface area (Å²) in [6.45, 7) is 9.96. The number of hydrogen-bond donors (Lipinski definition) is 1. The van der Waals surface area contributed by atoms with Gasteiger partial charge in [0.05, 0.1) is 5.75 Å². The van der Waals surface area contributed by atoms with Crippen LogP contribution in [0.5, 0.6) is 0 Å². The van der Waals surface area contributed by atoms with E-state index in [1.165, 1.54) is 30.3 Å². The van der Waals surface area contributed by atoms with E-state index in [1.54, 1.807) is 0 Å². The molecule has 0 radical (unpaired) electrons. The number of carbonyl (C=O) groups is 1. The molecule has 1 aromatic carbocycles. The fourth-order valence-corrected chi connectivity index (χ4v) is 3.90. The van der Waals surface area contributed by atoms with Crippen LogP contribution < -0.4 is 10.2 Å². The van der Waals surface area contributed by atoms with Crippen molar-refractivity contribution in [1.29, 1.82) is 0 Å². The van der Waals surface area contributed by atoms with Crippen LogP contribution in [0.25, 0.3) is 11.4 Å². The average molecular weight is 388 g/mol. The quantitative estimate of drug-likeness (QED) is 0.633. The minimum atomic E-state index is 0.0719. The van der Waals surface area contributed by atoms with E-state index >= 15 is 0 Å². The lowest BCUT2D eigenvalue weighted by atomic mass is 10.2. The van der Waals surface area contributed by atoms with Gasteiger partial charge in [0.15, 0.2) is 11.0 Å². The van der Waals surface area contributed by atoms with Crippen molar-refractivity contribution in [2.45, 2.75) is 45.3 Å². The third-order valence-electron chi connectivity index (χ3n) is 4.90. The summed E-state index contributed by atoms with van der Waals surface area (Å²) in [5.41, 5.74) is 2.26. The van der Waals surface area contributed by atoms with Gasteiger partial charge in [0.2, 0.25) is 5.91 Å². The monoisotopic (exact) mass is 387 g/mol. The fourth-order valence-electron chi connectivity index (χ4n) is 3.07. The number of hydrogen-bond acceptors (Lipinski definition) is 5. The molecule has 0 aliphatic heterocycles. The second-order valence-corrected chi connectivity index (χ2v) is 7.75. The van der Waals surface area contributed by atoms with E-state index in [1.807, 2.05) is 0 Å². The highest BCUT2D eigenvalue weighted by Crippen LogP contribution is 2.28. The van der Waals surface area contributed by atoms with Crippen molar-refractivity contribution < 1.29 is 4.79 Å². The third kappa shape index (κ3) is 5.03. The first-order chi connectivity index (χ1) is 13.2. The molecule has 27 heavy (non-hydrogen) atoms. The maximum atomic E-state index is 12.0. The van der Waals surface area contributed by atoms with E-state index in [0.29, 0.717) is 11.7 Å². The van der Waals surface area contributed by atoms with Crippen LogP contribution in [0, 0.1) is 5.92 Å². The summed E-state index contributed by atoms with van der Waals surface area (Å²) in [6.07, 6.45) is 2.49. The maximum Gasteiger partial charge on any atom is 0.230 e. The van der Waals surface area contributed by atoms with E-state index in [9.17, 15) is 4.79 Å². The lowest BCUT2D eigenvalue weighted by molar-refractivity contribution is -0.118. The summed E-state index contributed by atoms with van der Waals surface area (Å²) in [5.74, 6) is 2.00. The molecule has 0 unspecified atom stereocenters. The molecule has 1 saturated carbocycles. The Labute approximate surface area is 165 Å². The molecule has 1 heterocycles. The van der Waals surface area contributed by atoms with Gasteiger partial charge >= 0.3 is 0 Å². The first-order valence-electron chi connectivity index (χ1n) is 9.84. The summed E-state index contributed by atoms with van der Waals surface area (Å²) >= 11 is 1.45. The van der Waals surface area contributed by atoms with Crippen molar-refractivity contribution in [2.24, 2.45) is 5.92 Å². The minimum absolute atomic E-state index is 0.0719. The van der Waals surface area contributed by atoms with Gasteiger partial charge in [0.25, 0.3) is 0 Å². The molecule has 0 saturated heterocycles. The van der Waals surface area contributed by atoms with Crippen molar-refractivity contribution in [1.82, 2.24) is 20.1 Å². The summed E-state index contributed by atoms with van der Waals surface area (Å²) in [4.78, 5) is 14.3. The molecule has 1 aliphatic carbocycles. The van der Waals surface area contributed by atoms with E-state index in [-0.39, 0.29) is 5.91 Å². The normalized spacial score (nSPS) is 13.6. The molecule has 1 aromatic heterocycles. The Morgan fingerprint density at radius 3 is 2.48 bits per heavy atom. The maximum absolute atomic E-state index is 12.0. The smallest absolute Gasteiger partial charge is 0.230 e. The number of nitrogens with zero attached hydrogens (tertiary/aromatic N) is 4. The Kier molecular flexibility index (Phi) is 6.77. The molecular formula is C20H29N5OS. The predicted octanol–water partition coefficient (Wildman–Crippen LogP) is 3.43. The van der Waals surface area contributed by atoms with Gasteiger partial charge in [-0.2, -0.15) is 0 Å². The molecule has 1 aliphatic rings. The summed E-state index contributed by atoms with van der Waals surface area (Å²) in [7, 11) is 0. The third-order valence-corrected chi connectivity index (χ3v) is 5.87. The van der Waals surface area contributed by atoms with Crippen molar-refractivity contribution in [3.8, 4) is 11.4 Å². The van der Waals surface area contributed by atoms with Gasteiger partial charge < -0.3 is 14.8 Å². The van der Waals surface area contributed by atoms with Gasteiger partial charge in [-0.05, 0) is 63.8 Å². The van der Waals surface area contributed by atoms with Crippen LogP contribution in [0.15, 0.2) is 29.4 Å². The molecule has 3 rings (SSSR count). The van der Waals surface area contributed by atoms with Crippen molar-refractivity contribution in [3.05, 3.63) is 24.3 Å². The van der Waals surface area contributed by atoms with Crippen LogP contribution in [0.4, 0.5) is 5.69 Å². The highest BCUT2D eigenvalue weighted by Gasteiger charge is 2.22. The number of carbonyl (C=O) groups excluding carboxylic acids is 1. The zero-order valence-electron chi connectivity index (χ0n) is 16.4. The number of anilines is 1. The first kappa shape index (κ1) is 19.7. The van der Waals surface area contributed by atoms with Crippen LogP contribution in [0.3, 0.4) is 0 Å². The number of rotatable bonds is 10. The Bertz CT molecular complexity index is 750. The topological polar surface area (TPSA) is 63.1 Å². The second kappa shape index (κ2) is 9.26. The standard InChI is InChI=1S/C20H29N5OS/c1-4-24(5-2)17-11-9-16(10-12-17)19-22-23-20(25(19)6-3)27-14-18(26)21-13-15-7-8-15/h9-12,15H,4-8,13-14H2,1-3H3,(H,21,26). The number of benzene rings is 1. The lowest BCUT2D eigenvalue weighted by Crippen LogP contribution is -2.27. The Morgan fingerprint density at radius 1 is 1.19 bits per heavy atom. The van der Waals surface area contributed by atoms with E-state index in [4.69, 9.17) is 0 Å². The number of nitrogens with one attached hydrogen (secondary N) is 1.